The maximum absolute atomic E-state index is 13.3. The number of rotatable bonds is 3. The number of amides is 1. The minimum absolute atomic E-state index is 0.0165. The molecule has 5 heteroatoms. The first-order valence-electron chi connectivity index (χ1n) is 10.8. The molecular formula is C23H30N4O. The van der Waals surface area contributed by atoms with Crippen LogP contribution in [0.5, 0.6) is 0 Å². The number of hydrogen-bond donors (Lipinski definition) is 2. The molecule has 148 valence electrons. The van der Waals surface area contributed by atoms with E-state index in [4.69, 9.17) is 10.8 Å². The molecule has 3 N–H and O–H groups in total. The third kappa shape index (κ3) is 2.96. The molecule has 5 rings (SSSR count). The summed E-state index contributed by atoms with van der Waals surface area (Å²) in [7, 11) is 0. The molecule has 2 aromatic rings. The van der Waals surface area contributed by atoms with Gasteiger partial charge in [0.15, 0.2) is 5.69 Å². The van der Waals surface area contributed by atoms with Crippen LogP contribution in [0.25, 0.3) is 5.69 Å². The first-order valence-corrected chi connectivity index (χ1v) is 10.8. The summed E-state index contributed by atoms with van der Waals surface area (Å²) in [5.74, 6) is 1.07. The van der Waals surface area contributed by atoms with Crippen LogP contribution in [0.2, 0.25) is 0 Å². The van der Waals surface area contributed by atoms with E-state index in [2.05, 4.69) is 24.4 Å². The second-order valence-electron chi connectivity index (χ2n) is 9.01. The van der Waals surface area contributed by atoms with E-state index in [-0.39, 0.29) is 11.9 Å². The van der Waals surface area contributed by atoms with Gasteiger partial charge in [0.1, 0.15) is 0 Å². The highest BCUT2D eigenvalue weighted by Gasteiger charge is 2.40. The number of benzene rings is 1. The second-order valence-corrected chi connectivity index (χ2v) is 9.01. The van der Waals surface area contributed by atoms with Crippen molar-refractivity contribution in [3.8, 4) is 5.69 Å². The predicted molar refractivity (Wildman–Crippen MR) is 110 cm³/mol. The standard InChI is InChI=1S/C23H30N4O/c1-14-6-2-3-10-19(14)27-20-11-5-9-18(20)22(26-27)23(28)25-21-15-7-4-8-16(21)13-17(24)12-15/h2-3,6,10,15-17,21H,4-5,7-9,11-13,24H2,1H3,(H,25,28). The molecule has 2 fully saturated rings. The van der Waals surface area contributed by atoms with Crippen LogP contribution in [0.4, 0.5) is 0 Å². The average molecular weight is 379 g/mol. The van der Waals surface area contributed by atoms with E-state index in [1.807, 2.05) is 16.8 Å². The topological polar surface area (TPSA) is 72.9 Å². The summed E-state index contributed by atoms with van der Waals surface area (Å²) in [6.07, 6.45) is 8.76. The van der Waals surface area contributed by atoms with Crippen molar-refractivity contribution < 1.29 is 4.79 Å². The number of carbonyl (C=O) groups is 1. The lowest BCUT2D eigenvalue weighted by atomic mass is 9.67. The Kier molecular flexibility index (Phi) is 4.50. The van der Waals surface area contributed by atoms with Gasteiger partial charge in [-0.05, 0) is 75.3 Å². The number of carbonyl (C=O) groups excluding carboxylic acids is 1. The third-order valence-electron chi connectivity index (χ3n) is 7.16. The maximum Gasteiger partial charge on any atom is 0.272 e. The van der Waals surface area contributed by atoms with Crippen LogP contribution in [0.1, 0.15) is 65.8 Å². The monoisotopic (exact) mass is 378 g/mol. The Morgan fingerprint density at radius 3 is 2.64 bits per heavy atom. The number of para-hydroxylation sites is 1. The quantitative estimate of drug-likeness (QED) is 0.861. The number of aromatic nitrogens is 2. The van der Waals surface area contributed by atoms with Crippen molar-refractivity contribution in [2.45, 2.75) is 70.4 Å². The Bertz CT molecular complexity index is 888. The largest absolute Gasteiger partial charge is 0.347 e. The minimum Gasteiger partial charge on any atom is -0.347 e. The summed E-state index contributed by atoms with van der Waals surface area (Å²) in [6.45, 7) is 2.10. The van der Waals surface area contributed by atoms with Gasteiger partial charge in [-0.1, -0.05) is 24.6 Å². The lowest BCUT2D eigenvalue weighted by Crippen LogP contribution is -2.53. The predicted octanol–water partition coefficient (Wildman–Crippen LogP) is 3.31. The zero-order valence-electron chi connectivity index (χ0n) is 16.7. The Labute approximate surface area is 166 Å². The Morgan fingerprint density at radius 2 is 1.89 bits per heavy atom. The van der Waals surface area contributed by atoms with Crippen molar-refractivity contribution in [3.63, 3.8) is 0 Å². The third-order valence-corrected chi connectivity index (χ3v) is 7.16. The van der Waals surface area contributed by atoms with Gasteiger partial charge in [0.25, 0.3) is 5.91 Å². The fraction of sp³-hybridized carbons (Fsp3) is 0.565. The molecule has 2 saturated carbocycles. The summed E-state index contributed by atoms with van der Waals surface area (Å²) in [6, 6.07) is 8.84. The summed E-state index contributed by atoms with van der Waals surface area (Å²) in [5.41, 5.74) is 11.5. The van der Waals surface area contributed by atoms with Gasteiger partial charge in [0.2, 0.25) is 0 Å². The molecule has 2 atom stereocenters. The molecule has 1 aromatic heterocycles. The van der Waals surface area contributed by atoms with E-state index in [0.717, 1.165) is 43.4 Å². The van der Waals surface area contributed by atoms with Gasteiger partial charge in [0, 0.05) is 23.3 Å². The van der Waals surface area contributed by atoms with Crippen LogP contribution in [0.15, 0.2) is 24.3 Å². The number of fused-ring (bicyclic) bond motifs is 3. The van der Waals surface area contributed by atoms with E-state index in [0.29, 0.717) is 23.6 Å². The SMILES string of the molecule is Cc1ccccc1-n1nc(C(=O)NC2C3CCCC2CC(N)C3)c2c1CCC2. The van der Waals surface area contributed by atoms with Crippen LogP contribution in [-0.2, 0) is 12.8 Å². The van der Waals surface area contributed by atoms with Gasteiger partial charge < -0.3 is 11.1 Å². The Morgan fingerprint density at radius 1 is 1.14 bits per heavy atom. The van der Waals surface area contributed by atoms with Gasteiger partial charge in [-0.15, -0.1) is 0 Å². The molecule has 1 aromatic carbocycles. The van der Waals surface area contributed by atoms with Crippen molar-refractivity contribution in [2.75, 3.05) is 0 Å². The zero-order valence-corrected chi connectivity index (χ0v) is 16.7. The molecule has 2 bridgehead atoms. The Hall–Kier alpha value is -2.14. The molecule has 3 aliphatic carbocycles. The normalized spacial score (nSPS) is 28.8. The van der Waals surface area contributed by atoms with E-state index in [1.54, 1.807) is 0 Å². The molecule has 0 saturated heterocycles. The van der Waals surface area contributed by atoms with Crippen molar-refractivity contribution in [3.05, 3.63) is 46.8 Å². The fourth-order valence-electron chi connectivity index (χ4n) is 5.86. The smallest absolute Gasteiger partial charge is 0.272 e. The molecular weight excluding hydrogens is 348 g/mol. The molecule has 1 heterocycles. The van der Waals surface area contributed by atoms with Crippen molar-refractivity contribution in [1.82, 2.24) is 15.1 Å². The second kappa shape index (κ2) is 7.03. The van der Waals surface area contributed by atoms with E-state index < -0.39 is 0 Å². The fourth-order valence-corrected chi connectivity index (χ4v) is 5.86. The molecule has 0 aliphatic heterocycles. The van der Waals surface area contributed by atoms with Gasteiger partial charge >= 0.3 is 0 Å². The van der Waals surface area contributed by atoms with Crippen molar-refractivity contribution >= 4 is 5.91 Å². The molecule has 0 spiro atoms. The van der Waals surface area contributed by atoms with Gasteiger partial charge in [-0.2, -0.15) is 5.10 Å². The number of aryl methyl sites for hydroxylation is 1. The molecule has 2 unspecified atom stereocenters. The number of nitrogens with one attached hydrogen (secondary N) is 1. The van der Waals surface area contributed by atoms with Crippen LogP contribution in [-0.4, -0.2) is 27.8 Å². The van der Waals surface area contributed by atoms with Gasteiger partial charge in [0.05, 0.1) is 5.69 Å². The van der Waals surface area contributed by atoms with Crippen LogP contribution < -0.4 is 11.1 Å². The number of nitrogens with zero attached hydrogens (tertiary/aromatic N) is 2. The summed E-state index contributed by atoms with van der Waals surface area (Å²) < 4.78 is 2.02. The maximum atomic E-state index is 13.3. The highest BCUT2D eigenvalue weighted by atomic mass is 16.2. The zero-order chi connectivity index (χ0) is 19.3. The minimum atomic E-state index is 0.0165. The highest BCUT2D eigenvalue weighted by Crippen LogP contribution is 2.40. The van der Waals surface area contributed by atoms with Gasteiger partial charge in [-0.25, -0.2) is 4.68 Å². The summed E-state index contributed by atoms with van der Waals surface area (Å²) in [4.78, 5) is 13.3. The first-order chi connectivity index (χ1) is 13.6. The van der Waals surface area contributed by atoms with E-state index >= 15 is 0 Å². The van der Waals surface area contributed by atoms with E-state index in [1.165, 1.54) is 30.5 Å². The molecule has 28 heavy (non-hydrogen) atoms. The van der Waals surface area contributed by atoms with Crippen LogP contribution >= 0.6 is 0 Å². The molecule has 1 amide bonds. The lowest BCUT2D eigenvalue weighted by molar-refractivity contribution is 0.0750. The Balaban J connectivity index is 1.45. The van der Waals surface area contributed by atoms with Gasteiger partial charge in [-0.3, -0.25) is 4.79 Å². The van der Waals surface area contributed by atoms with Crippen molar-refractivity contribution in [1.29, 1.82) is 0 Å². The molecule has 3 aliphatic rings. The molecule has 5 nitrogen and oxygen atoms in total. The lowest BCUT2D eigenvalue weighted by Gasteiger charge is -2.45. The van der Waals surface area contributed by atoms with Crippen LogP contribution in [0.3, 0.4) is 0 Å². The van der Waals surface area contributed by atoms with E-state index in [9.17, 15) is 4.79 Å². The van der Waals surface area contributed by atoms with Crippen LogP contribution in [0, 0.1) is 18.8 Å². The highest BCUT2D eigenvalue weighted by molar-refractivity contribution is 5.94. The summed E-state index contributed by atoms with van der Waals surface area (Å²) >= 11 is 0. The molecule has 0 radical (unpaired) electrons. The number of nitrogens with two attached hydrogens (primary N) is 1. The first kappa shape index (κ1) is 17.9. The number of hydrogen-bond acceptors (Lipinski definition) is 3. The average Bonchev–Trinajstić information content (AvgIpc) is 3.26. The van der Waals surface area contributed by atoms with Crippen molar-refractivity contribution in [2.24, 2.45) is 17.6 Å². The summed E-state index contributed by atoms with van der Waals surface area (Å²) in [5, 5.41) is 8.21.